The van der Waals surface area contributed by atoms with Gasteiger partial charge in [-0.05, 0) is 47.5 Å². The van der Waals surface area contributed by atoms with Crippen molar-refractivity contribution >= 4 is 16.7 Å². The highest BCUT2D eigenvalue weighted by Crippen LogP contribution is 2.24. The Kier molecular flexibility index (Phi) is 5.14. The third kappa shape index (κ3) is 3.89. The summed E-state index contributed by atoms with van der Waals surface area (Å²) in [7, 11) is 0. The maximum atomic E-state index is 12.5. The lowest BCUT2D eigenvalue weighted by molar-refractivity contribution is 0.0940. The van der Waals surface area contributed by atoms with Crippen molar-refractivity contribution in [3.8, 4) is 5.75 Å². The van der Waals surface area contributed by atoms with Crippen molar-refractivity contribution in [1.29, 1.82) is 0 Å². The SMILES string of the molecule is C=CCOc1ccc(C(=O)N[C@H](C)c2cccc3ccccc23)cc1. The summed E-state index contributed by atoms with van der Waals surface area (Å²) in [4.78, 5) is 12.5. The highest BCUT2D eigenvalue weighted by molar-refractivity contribution is 5.95. The van der Waals surface area contributed by atoms with Crippen LogP contribution >= 0.6 is 0 Å². The summed E-state index contributed by atoms with van der Waals surface area (Å²) >= 11 is 0. The first kappa shape index (κ1) is 16.8. The highest BCUT2D eigenvalue weighted by Gasteiger charge is 2.13. The molecule has 0 unspecified atom stereocenters. The van der Waals surface area contributed by atoms with Crippen LogP contribution < -0.4 is 10.1 Å². The molecule has 25 heavy (non-hydrogen) atoms. The van der Waals surface area contributed by atoms with Gasteiger partial charge in [0.1, 0.15) is 12.4 Å². The van der Waals surface area contributed by atoms with Crippen LogP contribution in [0.3, 0.4) is 0 Å². The van der Waals surface area contributed by atoms with Gasteiger partial charge >= 0.3 is 0 Å². The molecule has 0 saturated heterocycles. The van der Waals surface area contributed by atoms with Crippen LogP contribution in [0, 0.1) is 0 Å². The van der Waals surface area contributed by atoms with Crippen LogP contribution in [0.2, 0.25) is 0 Å². The van der Waals surface area contributed by atoms with E-state index in [4.69, 9.17) is 4.74 Å². The predicted molar refractivity (Wildman–Crippen MR) is 102 cm³/mol. The number of benzene rings is 3. The Morgan fingerprint density at radius 2 is 1.80 bits per heavy atom. The smallest absolute Gasteiger partial charge is 0.251 e. The van der Waals surface area contributed by atoms with Crippen LogP contribution in [0.1, 0.15) is 28.9 Å². The molecule has 0 spiro atoms. The number of nitrogens with one attached hydrogen (secondary N) is 1. The number of carbonyl (C=O) groups excluding carboxylic acids is 1. The van der Waals surface area contributed by atoms with Crippen LogP contribution in [0.5, 0.6) is 5.75 Å². The Labute approximate surface area is 147 Å². The number of amides is 1. The fourth-order valence-electron chi connectivity index (χ4n) is 2.84. The standard InChI is InChI=1S/C22H21NO2/c1-3-15-25-19-13-11-18(12-14-19)22(24)23-16(2)20-10-6-8-17-7-4-5-9-21(17)20/h3-14,16H,1,15H2,2H3,(H,23,24)/t16-/m1/s1. The van der Waals surface area contributed by atoms with Gasteiger partial charge in [-0.15, -0.1) is 0 Å². The minimum atomic E-state index is -0.101. The molecule has 3 aromatic rings. The molecule has 3 heteroatoms. The van der Waals surface area contributed by atoms with Crippen LogP contribution in [-0.2, 0) is 0 Å². The number of hydrogen-bond acceptors (Lipinski definition) is 2. The van der Waals surface area contributed by atoms with E-state index in [0.717, 1.165) is 16.7 Å². The van der Waals surface area contributed by atoms with E-state index < -0.39 is 0 Å². The Hall–Kier alpha value is -3.07. The first-order valence-corrected chi connectivity index (χ1v) is 8.31. The predicted octanol–water partition coefficient (Wildman–Crippen LogP) is 4.90. The van der Waals surface area contributed by atoms with E-state index in [1.54, 1.807) is 30.3 Å². The molecule has 0 aliphatic heterocycles. The minimum absolute atomic E-state index is 0.0877. The van der Waals surface area contributed by atoms with Crippen molar-refractivity contribution < 1.29 is 9.53 Å². The van der Waals surface area contributed by atoms with E-state index in [-0.39, 0.29) is 11.9 Å². The maximum absolute atomic E-state index is 12.5. The number of fused-ring (bicyclic) bond motifs is 1. The number of carbonyl (C=O) groups is 1. The van der Waals surface area contributed by atoms with Crippen LogP contribution in [-0.4, -0.2) is 12.5 Å². The lowest BCUT2D eigenvalue weighted by atomic mass is 9.99. The molecule has 3 nitrogen and oxygen atoms in total. The molecule has 1 atom stereocenters. The van der Waals surface area contributed by atoms with Crippen molar-refractivity contribution in [3.05, 3.63) is 90.5 Å². The molecule has 0 bridgehead atoms. The summed E-state index contributed by atoms with van der Waals surface area (Å²) in [5.74, 6) is 0.620. The largest absolute Gasteiger partial charge is 0.490 e. The monoisotopic (exact) mass is 331 g/mol. The third-order valence-electron chi connectivity index (χ3n) is 4.12. The van der Waals surface area contributed by atoms with Crippen molar-refractivity contribution in [1.82, 2.24) is 5.32 Å². The molecular formula is C22H21NO2. The van der Waals surface area contributed by atoms with E-state index in [0.29, 0.717) is 12.2 Å². The van der Waals surface area contributed by atoms with Crippen molar-refractivity contribution in [2.45, 2.75) is 13.0 Å². The molecule has 0 aliphatic rings. The van der Waals surface area contributed by atoms with Gasteiger partial charge in [-0.3, -0.25) is 4.79 Å². The fraction of sp³-hybridized carbons (Fsp3) is 0.136. The Bertz CT molecular complexity index is 879. The first-order chi connectivity index (χ1) is 12.2. The number of ether oxygens (including phenoxy) is 1. The lowest BCUT2D eigenvalue weighted by Gasteiger charge is -2.17. The molecule has 0 heterocycles. The Morgan fingerprint density at radius 1 is 1.08 bits per heavy atom. The molecule has 126 valence electrons. The van der Waals surface area contributed by atoms with Crippen LogP contribution in [0.25, 0.3) is 10.8 Å². The second kappa shape index (κ2) is 7.67. The van der Waals surface area contributed by atoms with Crippen molar-refractivity contribution in [2.24, 2.45) is 0 Å². The molecule has 0 fully saturated rings. The normalized spacial score (nSPS) is 11.7. The zero-order valence-electron chi connectivity index (χ0n) is 14.2. The van der Waals surface area contributed by atoms with Gasteiger partial charge in [0.25, 0.3) is 5.91 Å². The molecule has 0 radical (unpaired) electrons. The topological polar surface area (TPSA) is 38.3 Å². The molecule has 0 aliphatic carbocycles. The quantitative estimate of drug-likeness (QED) is 0.653. The molecule has 0 saturated carbocycles. The Balaban J connectivity index is 1.74. The summed E-state index contributed by atoms with van der Waals surface area (Å²) in [6.07, 6.45) is 1.69. The van der Waals surface area contributed by atoms with Gasteiger partial charge in [-0.1, -0.05) is 55.1 Å². The second-order valence-electron chi connectivity index (χ2n) is 5.89. The van der Waals surface area contributed by atoms with Gasteiger partial charge in [-0.2, -0.15) is 0 Å². The Morgan fingerprint density at radius 3 is 2.56 bits per heavy atom. The summed E-state index contributed by atoms with van der Waals surface area (Å²) in [5, 5.41) is 5.40. The lowest BCUT2D eigenvalue weighted by Crippen LogP contribution is -2.26. The van der Waals surface area contributed by atoms with Crippen LogP contribution in [0.4, 0.5) is 0 Å². The van der Waals surface area contributed by atoms with E-state index >= 15 is 0 Å². The molecule has 0 aromatic heterocycles. The van der Waals surface area contributed by atoms with Gasteiger partial charge in [0.05, 0.1) is 6.04 Å². The molecule has 3 aromatic carbocycles. The van der Waals surface area contributed by atoms with E-state index in [2.05, 4.69) is 36.2 Å². The van der Waals surface area contributed by atoms with Crippen LogP contribution in [0.15, 0.2) is 79.4 Å². The zero-order chi connectivity index (χ0) is 17.6. The summed E-state index contributed by atoms with van der Waals surface area (Å²) in [5.41, 5.74) is 1.72. The van der Waals surface area contributed by atoms with Gasteiger partial charge in [0.15, 0.2) is 0 Å². The van der Waals surface area contributed by atoms with Gasteiger partial charge in [0, 0.05) is 5.56 Å². The molecular weight excluding hydrogens is 310 g/mol. The third-order valence-corrected chi connectivity index (χ3v) is 4.12. The minimum Gasteiger partial charge on any atom is -0.490 e. The second-order valence-corrected chi connectivity index (χ2v) is 5.89. The molecule has 1 N–H and O–H groups in total. The number of hydrogen-bond donors (Lipinski definition) is 1. The first-order valence-electron chi connectivity index (χ1n) is 8.31. The van der Waals surface area contributed by atoms with Gasteiger partial charge in [-0.25, -0.2) is 0 Å². The van der Waals surface area contributed by atoms with Crippen molar-refractivity contribution in [3.63, 3.8) is 0 Å². The zero-order valence-corrected chi connectivity index (χ0v) is 14.2. The maximum Gasteiger partial charge on any atom is 0.251 e. The average Bonchev–Trinajstić information content (AvgIpc) is 2.66. The molecule has 1 amide bonds. The number of rotatable bonds is 6. The summed E-state index contributed by atoms with van der Waals surface area (Å²) in [6, 6.07) is 21.4. The summed E-state index contributed by atoms with van der Waals surface area (Å²) < 4.78 is 5.44. The molecule has 3 rings (SSSR count). The summed E-state index contributed by atoms with van der Waals surface area (Å²) in [6.45, 7) is 6.06. The van der Waals surface area contributed by atoms with Gasteiger partial charge < -0.3 is 10.1 Å². The van der Waals surface area contributed by atoms with E-state index in [1.807, 2.05) is 25.1 Å². The van der Waals surface area contributed by atoms with Crippen molar-refractivity contribution in [2.75, 3.05) is 6.61 Å². The highest BCUT2D eigenvalue weighted by atomic mass is 16.5. The fourth-order valence-corrected chi connectivity index (χ4v) is 2.84. The van der Waals surface area contributed by atoms with Gasteiger partial charge in [0.2, 0.25) is 0 Å². The van der Waals surface area contributed by atoms with E-state index in [9.17, 15) is 4.79 Å². The average molecular weight is 331 g/mol. The van der Waals surface area contributed by atoms with E-state index in [1.165, 1.54) is 5.39 Å².